The fourth-order valence-electron chi connectivity index (χ4n) is 2.61. The standard InChI is InChI=1S/C14H20N4O5S/c1-15-7-8-16-14(19)13-6-3-9-17(13)24(22,23)12-5-2-4-11(10-12)18(20)21/h2,4-5,10,13,15H,3,6-9H2,1H3,(H,16,19). The third kappa shape index (κ3) is 3.89. The molecule has 0 saturated carbocycles. The van der Waals surface area contributed by atoms with Gasteiger partial charge < -0.3 is 10.6 Å². The number of nitro groups is 1. The molecule has 1 amide bonds. The van der Waals surface area contributed by atoms with E-state index in [1.807, 2.05) is 0 Å². The van der Waals surface area contributed by atoms with E-state index in [2.05, 4.69) is 10.6 Å². The summed E-state index contributed by atoms with van der Waals surface area (Å²) in [7, 11) is -2.22. The third-order valence-electron chi connectivity index (χ3n) is 3.82. The topological polar surface area (TPSA) is 122 Å². The number of sulfonamides is 1. The van der Waals surface area contributed by atoms with Crippen LogP contribution in [-0.4, -0.2) is 56.3 Å². The average molecular weight is 356 g/mol. The van der Waals surface area contributed by atoms with E-state index in [-0.39, 0.29) is 23.0 Å². The molecule has 1 aromatic rings. The van der Waals surface area contributed by atoms with Gasteiger partial charge in [-0.05, 0) is 26.0 Å². The van der Waals surface area contributed by atoms with E-state index < -0.39 is 21.0 Å². The number of likely N-dealkylation sites (N-methyl/N-ethyl adjacent to an activating group) is 1. The Balaban J connectivity index is 2.22. The van der Waals surface area contributed by atoms with Crippen LogP contribution in [0.25, 0.3) is 0 Å². The molecule has 10 heteroatoms. The number of carbonyl (C=O) groups is 1. The van der Waals surface area contributed by atoms with Crippen molar-refractivity contribution in [1.82, 2.24) is 14.9 Å². The zero-order valence-corrected chi connectivity index (χ0v) is 14.1. The molecule has 1 unspecified atom stereocenters. The normalized spacial score (nSPS) is 18.5. The van der Waals surface area contributed by atoms with Crippen LogP contribution in [0.1, 0.15) is 12.8 Å². The summed E-state index contributed by atoms with van der Waals surface area (Å²) in [5.74, 6) is -0.350. The summed E-state index contributed by atoms with van der Waals surface area (Å²) in [6, 6.07) is 4.08. The van der Waals surface area contributed by atoms with Gasteiger partial charge in [-0.25, -0.2) is 8.42 Å². The fourth-order valence-corrected chi connectivity index (χ4v) is 4.31. The monoisotopic (exact) mass is 356 g/mol. The average Bonchev–Trinajstić information content (AvgIpc) is 3.05. The Morgan fingerprint density at radius 3 is 2.83 bits per heavy atom. The molecule has 1 aliphatic heterocycles. The summed E-state index contributed by atoms with van der Waals surface area (Å²) in [5.41, 5.74) is -0.301. The Bertz CT molecular complexity index is 722. The van der Waals surface area contributed by atoms with Crippen LogP contribution in [0, 0.1) is 10.1 Å². The molecule has 24 heavy (non-hydrogen) atoms. The van der Waals surface area contributed by atoms with E-state index in [4.69, 9.17) is 0 Å². The molecule has 0 aliphatic carbocycles. The number of nitrogens with one attached hydrogen (secondary N) is 2. The minimum atomic E-state index is -3.97. The lowest BCUT2D eigenvalue weighted by molar-refractivity contribution is -0.385. The van der Waals surface area contributed by atoms with E-state index >= 15 is 0 Å². The zero-order chi connectivity index (χ0) is 17.7. The van der Waals surface area contributed by atoms with Crippen molar-refractivity contribution in [3.63, 3.8) is 0 Å². The van der Waals surface area contributed by atoms with Crippen LogP contribution in [0.4, 0.5) is 5.69 Å². The van der Waals surface area contributed by atoms with Gasteiger partial charge in [-0.15, -0.1) is 0 Å². The molecule has 1 aromatic carbocycles. The molecular weight excluding hydrogens is 336 g/mol. The van der Waals surface area contributed by atoms with E-state index in [0.29, 0.717) is 25.9 Å². The van der Waals surface area contributed by atoms with Crippen molar-refractivity contribution in [2.24, 2.45) is 0 Å². The van der Waals surface area contributed by atoms with Crippen molar-refractivity contribution in [3.8, 4) is 0 Å². The number of hydrogen-bond donors (Lipinski definition) is 2. The van der Waals surface area contributed by atoms with Crippen molar-refractivity contribution in [3.05, 3.63) is 34.4 Å². The molecule has 9 nitrogen and oxygen atoms in total. The lowest BCUT2D eigenvalue weighted by Crippen LogP contribution is -2.47. The number of rotatable bonds is 7. The summed E-state index contributed by atoms with van der Waals surface area (Å²) < 4.78 is 26.7. The van der Waals surface area contributed by atoms with Gasteiger partial charge >= 0.3 is 0 Å². The fraction of sp³-hybridized carbons (Fsp3) is 0.500. The van der Waals surface area contributed by atoms with Crippen LogP contribution in [0.15, 0.2) is 29.2 Å². The molecule has 1 aliphatic rings. The number of nitrogens with zero attached hydrogens (tertiary/aromatic N) is 2. The molecule has 1 fully saturated rings. The maximum atomic E-state index is 12.8. The van der Waals surface area contributed by atoms with Crippen LogP contribution in [0.3, 0.4) is 0 Å². The summed E-state index contributed by atoms with van der Waals surface area (Å²) >= 11 is 0. The summed E-state index contributed by atoms with van der Waals surface area (Å²) in [6.45, 7) is 1.20. The predicted octanol–water partition coefficient (Wildman–Crippen LogP) is 0.0835. The highest BCUT2D eigenvalue weighted by molar-refractivity contribution is 7.89. The van der Waals surface area contributed by atoms with E-state index in [9.17, 15) is 23.3 Å². The second-order valence-corrected chi connectivity index (χ2v) is 7.31. The maximum Gasteiger partial charge on any atom is 0.270 e. The van der Waals surface area contributed by atoms with Crippen molar-refractivity contribution in [2.75, 3.05) is 26.7 Å². The second-order valence-electron chi connectivity index (χ2n) is 5.42. The van der Waals surface area contributed by atoms with Gasteiger partial charge in [0, 0.05) is 31.8 Å². The smallest absolute Gasteiger partial charge is 0.270 e. The summed E-state index contributed by atoms with van der Waals surface area (Å²) in [6.07, 6.45) is 0.998. The van der Waals surface area contributed by atoms with Crippen molar-refractivity contribution in [1.29, 1.82) is 0 Å². The molecule has 2 N–H and O–H groups in total. The number of hydrogen-bond acceptors (Lipinski definition) is 6. The van der Waals surface area contributed by atoms with E-state index in [0.717, 1.165) is 10.4 Å². The van der Waals surface area contributed by atoms with Gasteiger partial charge in [0.05, 0.1) is 9.82 Å². The minimum Gasteiger partial charge on any atom is -0.353 e. The zero-order valence-electron chi connectivity index (χ0n) is 13.3. The first-order valence-electron chi connectivity index (χ1n) is 7.56. The number of benzene rings is 1. The Morgan fingerprint density at radius 1 is 1.42 bits per heavy atom. The molecule has 132 valence electrons. The maximum absolute atomic E-state index is 12.8. The number of carbonyl (C=O) groups excluding carboxylic acids is 1. The predicted molar refractivity (Wildman–Crippen MR) is 86.9 cm³/mol. The quantitative estimate of drug-likeness (QED) is 0.405. The molecule has 2 rings (SSSR count). The molecule has 0 radical (unpaired) electrons. The molecule has 0 bridgehead atoms. The van der Waals surface area contributed by atoms with Crippen LogP contribution in [0.2, 0.25) is 0 Å². The van der Waals surface area contributed by atoms with Gasteiger partial charge in [0.15, 0.2) is 0 Å². The van der Waals surface area contributed by atoms with Crippen molar-refractivity contribution < 1.29 is 18.1 Å². The van der Waals surface area contributed by atoms with Gasteiger partial charge in [0.2, 0.25) is 15.9 Å². The number of amides is 1. The number of non-ortho nitro benzene ring substituents is 1. The van der Waals surface area contributed by atoms with Crippen LogP contribution in [0.5, 0.6) is 0 Å². The molecule has 0 aromatic heterocycles. The molecule has 1 heterocycles. The Morgan fingerprint density at radius 2 is 2.17 bits per heavy atom. The highest BCUT2D eigenvalue weighted by atomic mass is 32.2. The summed E-state index contributed by atoms with van der Waals surface area (Å²) in [5, 5.41) is 16.4. The van der Waals surface area contributed by atoms with Gasteiger partial charge in [0.1, 0.15) is 6.04 Å². The Labute approximate surface area is 140 Å². The highest BCUT2D eigenvalue weighted by Gasteiger charge is 2.39. The van der Waals surface area contributed by atoms with Crippen LogP contribution < -0.4 is 10.6 Å². The van der Waals surface area contributed by atoms with Gasteiger partial charge in [0.25, 0.3) is 5.69 Å². The SMILES string of the molecule is CNCCNC(=O)C1CCCN1S(=O)(=O)c1cccc([N+](=O)[O-])c1. The van der Waals surface area contributed by atoms with Gasteiger partial charge in [-0.1, -0.05) is 6.07 Å². The first-order valence-corrected chi connectivity index (χ1v) is 9.00. The first kappa shape index (κ1) is 18.3. The van der Waals surface area contributed by atoms with E-state index in [1.54, 1.807) is 7.05 Å². The molecule has 0 spiro atoms. The second kappa shape index (κ2) is 7.69. The lowest BCUT2D eigenvalue weighted by atomic mass is 10.2. The van der Waals surface area contributed by atoms with Crippen molar-refractivity contribution >= 4 is 21.6 Å². The van der Waals surface area contributed by atoms with Gasteiger partial charge in [-0.2, -0.15) is 4.31 Å². The molecular formula is C14H20N4O5S. The highest BCUT2D eigenvalue weighted by Crippen LogP contribution is 2.27. The minimum absolute atomic E-state index is 0.174. The first-order chi connectivity index (χ1) is 11.4. The van der Waals surface area contributed by atoms with Crippen molar-refractivity contribution in [2.45, 2.75) is 23.8 Å². The third-order valence-corrected chi connectivity index (χ3v) is 5.72. The Hall–Kier alpha value is -2.04. The van der Waals surface area contributed by atoms with Gasteiger partial charge in [-0.3, -0.25) is 14.9 Å². The number of nitro benzene ring substituents is 1. The lowest BCUT2D eigenvalue weighted by Gasteiger charge is -2.23. The molecule has 1 atom stereocenters. The molecule has 1 saturated heterocycles. The van der Waals surface area contributed by atoms with Crippen LogP contribution >= 0.6 is 0 Å². The van der Waals surface area contributed by atoms with Crippen LogP contribution in [-0.2, 0) is 14.8 Å². The Kier molecular flexibility index (Phi) is 5.86. The largest absolute Gasteiger partial charge is 0.353 e. The summed E-state index contributed by atoms with van der Waals surface area (Å²) in [4.78, 5) is 22.3. The van der Waals surface area contributed by atoms with E-state index in [1.165, 1.54) is 18.2 Å².